The minimum atomic E-state index is -1.82. The molecule has 10 atom stereocenters. The number of urea groups is 1. The fourth-order valence-electron chi connectivity index (χ4n) is 9.57. The number of unbranched alkanes of at least 4 members (excludes halogenated alkanes) is 1. The third-order valence-corrected chi connectivity index (χ3v) is 19.1. The van der Waals surface area contributed by atoms with Crippen LogP contribution in [-0.4, -0.2) is 188 Å². The van der Waals surface area contributed by atoms with E-state index in [1.807, 2.05) is 12.1 Å². The summed E-state index contributed by atoms with van der Waals surface area (Å²) < 4.78 is 5.36. The maximum Gasteiger partial charge on any atom is 0.407 e. The number of pyridine rings is 1. The number of hydrogen-bond acceptors (Lipinski definition) is 19. The van der Waals surface area contributed by atoms with Crippen LogP contribution in [0.3, 0.4) is 0 Å². The van der Waals surface area contributed by atoms with Gasteiger partial charge in [0.1, 0.15) is 64.7 Å². The lowest BCUT2D eigenvalue weighted by atomic mass is 10.0. The number of carbonyl (C=O) groups excluding carboxylic acids is 10. The Kier molecular flexibility index (Phi) is 30.6. The number of carbonyl (C=O) groups is 10. The van der Waals surface area contributed by atoms with E-state index in [4.69, 9.17) is 4.74 Å². The second kappa shape index (κ2) is 38.4. The molecule has 95 heavy (non-hydrogen) atoms. The molecule has 1 fully saturated rings. The van der Waals surface area contributed by atoms with Crippen LogP contribution >= 0.6 is 43.2 Å². The topological polar surface area (TPSA) is 402 Å². The van der Waals surface area contributed by atoms with E-state index in [9.17, 15) is 48.9 Å². The SMILES string of the molecule is CCNC(=O)N[C@H](Cc1ccccc1)C(=O)N[C@H]1CSSC[C@@H](C(=O)N[C@H](C(=O)NCCSSc2ccccn2)C(C)O)NC(=O)C([C@@H](C)O)NC(=O)[C@H](CCCCNC(=O)OC(C)(C)C)NC(=O)[C@@H](Cc2c[nH]c3ccccc23)NC(=O)[C@H](Cc2ccc(O)cc2)NC1=O. The minimum Gasteiger partial charge on any atom is -0.508 e. The first kappa shape index (κ1) is 75.8. The summed E-state index contributed by atoms with van der Waals surface area (Å²) in [5, 5.41) is 63.3. The maximum absolute atomic E-state index is 15.2. The van der Waals surface area contributed by atoms with Gasteiger partial charge in [0.2, 0.25) is 47.3 Å². The van der Waals surface area contributed by atoms with Gasteiger partial charge < -0.3 is 83.5 Å². The van der Waals surface area contributed by atoms with Gasteiger partial charge in [-0.05, 0) is 119 Å². The number of rotatable bonds is 25. The number of phenols is 1. The lowest BCUT2D eigenvalue weighted by Crippen LogP contribution is -2.63. The Hall–Kier alpha value is -8.23. The second-order valence-corrected chi connectivity index (χ2v) is 28.3. The Morgan fingerprint density at radius 2 is 1.36 bits per heavy atom. The van der Waals surface area contributed by atoms with Crippen LogP contribution in [0.5, 0.6) is 5.75 Å². The summed E-state index contributed by atoms with van der Waals surface area (Å²) in [7, 11) is 4.64. The third kappa shape index (κ3) is 25.8. The highest BCUT2D eigenvalue weighted by molar-refractivity contribution is 8.77. The van der Waals surface area contributed by atoms with Crippen LogP contribution in [0.1, 0.15) is 77.5 Å². The molecule has 31 heteroatoms. The summed E-state index contributed by atoms with van der Waals surface area (Å²) in [5.74, 6) is -7.75. The summed E-state index contributed by atoms with van der Waals surface area (Å²) in [6, 6.07) is 14.1. The summed E-state index contributed by atoms with van der Waals surface area (Å²) >= 11 is 0. The van der Waals surface area contributed by atoms with Crippen molar-refractivity contribution in [3.63, 3.8) is 0 Å². The third-order valence-electron chi connectivity index (χ3n) is 14.4. The first-order chi connectivity index (χ1) is 45.4. The van der Waals surface area contributed by atoms with Crippen molar-refractivity contribution in [1.29, 1.82) is 0 Å². The van der Waals surface area contributed by atoms with E-state index in [0.29, 0.717) is 33.3 Å². The van der Waals surface area contributed by atoms with Crippen LogP contribution in [-0.2, 0) is 62.4 Å². The molecule has 1 saturated heterocycles. The second-order valence-electron chi connectivity index (χ2n) is 23.3. The Balaban J connectivity index is 1.40. The highest BCUT2D eigenvalue weighted by atomic mass is 33.1. The molecule has 6 rings (SSSR count). The van der Waals surface area contributed by atoms with Crippen LogP contribution in [0.15, 0.2) is 114 Å². The number of aliphatic hydroxyl groups is 2. The van der Waals surface area contributed by atoms with E-state index in [1.165, 1.54) is 59.7 Å². The molecule has 5 aromatic rings. The molecule has 2 unspecified atom stereocenters. The molecule has 514 valence electrons. The van der Waals surface area contributed by atoms with Gasteiger partial charge in [-0.15, -0.1) is 0 Å². The Morgan fingerprint density at radius 3 is 2.04 bits per heavy atom. The normalized spacial score (nSPS) is 19.9. The standard InChI is InChI=1S/C64H85N13O14S4/c1-7-65-62(89)75-47(31-39-17-9-8-10-18-39)56(83)73-49-35-93-94-36-50(59(86)76-52(37(2)78)60(87)67-29-30-92-95-51-22-14-16-27-66-51)74-61(88)53(38(3)79)77-54(81)45(21-13-15-28-68-63(90)91-64(4,5)6)70-57(84)48(33-41-34-69-44-20-12-11-19-43(41)44)72-55(82)46(71-58(49)85)32-40-23-25-42(80)26-24-40/h8-12,14,16-20,22-27,34,37-38,45-50,52-53,69,78-80H,7,13,15,21,28-33,35-36H2,1-6H3,(H,67,87)(H,68,90)(H,70,84)(H,71,85)(H,72,82)(H,73,83)(H,74,88)(H,76,86)(H,77,81)(H2,65,75,89)/t37?,38-,45+,46+,47-,48-,49+,50+,52+,53?/m1/s1. The molecule has 0 radical (unpaired) electrons. The van der Waals surface area contributed by atoms with Crippen LogP contribution in [0, 0.1) is 0 Å². The van der Waals surface area contributed by atoms with Gasteiger partial charge in [-0.1, -0.05) is 99.1 Å². The van der Waals surface area contributed by atoms with Crippen molar-refractivity contribution >= 4 is 113 Å². The van der Waals surface area contributed by atoms with E-state index < -0.39 is 126 Å². The Morgan fingerprint density at radius 1 is 0.695 bits per heavy atom. The van der Waals surface area contributed by atoms with Crippen molar-refractivity contribution in [2.24, 2.45) is 0 Å². The van der Waals surface area contributed by atoms with Crippen molar-refractivity contribution in [3.05, 3.63) is 126 Å². The number of aromatic amines is 1. The highest BCUT2D eigenvalue weighted by Crippen LogP contribution is 2.29. The number of aliphatic hydroxyl groups excluding tert-OH is 2. The van der Waals surface area contributed by atoms with Gasteiger partial charge in [-0.3, -0.25) is 38.4 Å². The highest BCUT2D eigenvalue weighted by Gasteiger charge is 2.38. The van der Waals surface area contributed by atoms with E-state index in [0.717, 1.165) is 26.6 Å². The molecule has 3 heterocycles. The molecule has 0 saturated carbocycles. The molecule has 0 aliphatic carbocycles. The zero-order valence-electron chi connectivity index (χ0n) is 53.6. The molecule has 15 N–H and O–H groups in total. The summed E-state index contributed by atoms with van der Waals surface area (Å²) in [5.41, 5.74) is 1.55. The quantitative estimate of drug-likeness (QED) is 0.0295. The molecule has 0 bridgehead atoms. The van der Waals surface area contributed by atoms with Crippen LogP contribution in [0.4, 0.5) is 9.59 Å². The van der Waals surface area contributed by atoms with E-state index in [-0.39, 0.29) is 75.4 Å². The van der Waals surface area contributed by atoms with Gasteiger partial charge in [0.25, 0.3) is 0 Å². The molecule has 3 aromatic carbocycles. The van der Waals surface area contributed by atoms with Crippen molar-refractivity contribution in [2.75, 3.05) is 36.9 Å². The number of alkyl carbamates (subject to hydrolysis) is 1. The lowest BCUT2D eigenvalue weighted by molar-refractivity contribution is -0.137. The number of nitrogens with one attached hydrogen (secondary N) is 12. The predicted molar refractivity (Wildman–Crippen MR) is 365 cm³/mol. The molecular formula is C64H85N13O14S4. The van der Waals surface area contributed by atoms with Gasteiger partial charge in [0.05, 0.1) is 12.2 Å². The van der Waals surface area contributed by atoms with Crippen molar-refractivity contribution in [2.45, 2.75) is 151 Å². The van der Waals surface area contributed by atoms with Gasteiger partial charge in [-0.2, -0.15) is 0 Å². The number of hydrogen-bond donors (Lipinski definition) is 15. The zero-order chi connectivity index (χ0) is 69.0. The predicted octanol–water partition coefficient (Wildman–Crippen LogP) is 2.79. The monoisotopic (exact) mass is 1390 g/mol. The van der Waals surface area contributed by atoms with Crippen LogP contribution in [0.2, 0.25) is 0 Å². The number of nitrogens with zero attached hydrogens (tertiary/aromatic N) is 1. The van der Waals surface area contributed by atoms with E-state index in [2.05, 4.69) is 68.5 Å². The molecule has 2 aromatic heterocycles. The van der Waals surface area contributed by atoms with Crippen molar-refractivity contribution in [1.82, 2.24) is 68.5 Å². The smallest absolute Gasteiger partial charge is 0.407 e. The molecule has 0 spiro atoms. The molecular weight excluding hydrogens is 1300 g/mol. The molecule has 11 amide bonds. The number of ether oxygens (including phenoxy) is 1. The van der Waals surface area contributed by atoms with E-state index >= 15 is 14.4 Å². The zero-order valence-corrected chi connectivity index (χ0v) is 56.8. The Bertz CT molecular complexity index is 3370. The average Bonchev–Trinajstić information content (AvgIpc) is 1.81. The number of para-hydroxylation sites is 1. The fraction of sp³-hybridized carbons (Fsp3) is 0.453. The van der Waals surface area contributed by atoms with E-state index in [1.54, 1.807) is 101 Å². The number of aromatic hydroxyl groups is 1. The minimum absolute atomic E-state index is 0.0299. The number of fused-ring (bicyclic) bond motifs is 1. The van der Waals surface area contributed by atoms with Gasteiger partial charge in [-0.25, -0.2) is 14.6 Å². The number of benzene rings is 3. The first-order valence-electron chi connectivity index (χ1n) is 31.0. The fourth-order valence-corrected chi connectivity index (χ4v) is 13.7. The van der Waals surface area contributed by atoms with Crippen molar-refractivity contribution in [3.8, 4) is 5.75 Å². The van der Waals surface area contributed by atoms with Gasteiger partial charge in [0.15, 0.2) is 0 Å². The summed E-state index contributed by atoms with van der Waals surface area (Å²) in [6.07, 6.45) is -0.765. The van der Waals surface area contributed by atoms with Crippen molar-refractivity contribution < 1.29 is 68.0 Å². The number of H-pyrrole nitrogens is 1. The first-order valence-corrected chi connectivity index (χ1v) is 35.8. The number of aromatic nitrogens is 2. The summed E-state index contributed by atoms with van der Waals surface area (Å²) in [4.78, 5) is 151. The number of phenolic OH excluding ortho intramolecular Hbond substituents is 1. The Labute approximate surface area is 566 Å². The molecule has 1 aliphatic rings. The largest absolute Gasteiger partial charge is 0.508 e. The maximum atomic E-state index is 15.2. The molecule has 1 aliphatic heterocycles. The number of amides is 11. The average molecular weight is 1390 g/mol. The van der Waals surface area contributed by atoms with Gasteiger partial charge >= 0.3 is 12.1 Å². The lowest BCUT2D eigenvalue weighted by Gasteiger charge is -2.29. The van der Waals surface area contributed by atoms with Crippen LogP contribution < -0.4 is 58.5 Å². The summed E-state index contributed by atoms with van der Waals surface area (Å²) in [6.45, 7) is 9.67. The van der Waals surface area contributed by atoms with Crippen LogP contribution in [0.25, 0.3) is 10.9 Å². The van der Waals surface area contributed by atoms with Gasteiger partial charge in [0, 0.05) is 79.5 Å². The molecule has 27 nitrogen and oxygen atoms in total.